The number of nitrogens with zero attached hydrogens (tertiary/aromatic N) is 26. The summed E-state index contributed by atoms with van der Waals surface area (Å²) in [5.41, 5.74) is 5.19. The quantitative estimate of drug-likeness (QED) is 0.0982. The third-order valence-electron chi connectivity index (χ3n) is 22.2. The van der Waals surface area contributed by atoms with E-state index in [0.29, 0.717) is 121 Å². The van der Waals surface area contributed by atoms with Gasteiger partial charge in [-0.25, -0.2) is 55.0 Å². The summed E-state index contributed by atoms with van der Waals surface area (Å²) in [5.74, 6) is -6.37. The number of fused-ring (bicyclic) bond motifs is 4. The maximum absolute atomic E-state index is 13.1. The van der Waals surface area contributed by atoms with E-state index < -0.39 is 23.7 Å². The molecule has 4 saturated heterocycles. The maximum Gasteiger partial charge on any atom is 0.276 e. The highest BCUT2D eigenvalue weighted by atomic mass is 19.3. The lowest BCUT2D eigenvalue weighted by atomic mass is 9.86. The highest BCUT2D eigenvalue weighted by Gasteiger charge is 2.50. The number of hydrogen-bond donors (Lipinski definition) is 4. The number of halogens is 6. The normalized spacial score (nSPS) is 18.1. The number of hydrogen-bond acceptors (Lipinski definition) is 22. The molecule has 2 unspecified atom stereocenters. The van der Waals surface area contributed by atoms with Crippen LogP contribution < -0.4 is 22.2 Å². The average molecular weight is 1620 g/mol. The number of nitrogens with one attached hydrogen (secondary N) is 4. The molecule has 0 radical (unpaired) electrons. The second kappa shape index (κ2) is 30.4. The number of aromatic nitrogens is 24. The molecule has 0 bridgehead atoms. The fraction of sp³-hybridized carbons (Fsp3) is 0.351. The first kappa shape index (κ1) is 76.7. The van der Waals surface area contributed by atoms with Crippen LogP contribution in [0.5, 0.6) is 0 Å². The van der Waals surface area contributed by atoms with Crippen molar-refractivity contribution in [3.63, 3.8) is 0 Å². The lowest BCUT2D eigenvalue weighted by molar-refractivity contribution is -0.129. The lowest BCUT2D eigenvalue weighted by Crippen LogP contribution is -2.57. The predicted molar refractivity (Wildman–Crippen MR) is 402 cm³/mol. The molecule has 608 valence electrons. The molecule has 44 heteroatoms. The topological polar surface area (TPSA) is 411 Å². The van der Waals surface area contributed by atoms with Gasteiger partial charge in [0.1, 0.15) is 22.1 Å². The molecule has 4 amide bonds. The Labute approximate surface area is 659 Å². The minimum absolute atomic E-state index is 0.105. The van der Waals surface area contributed by atoms with Crippen molar-refractivity contribution >= 4 is 45.7 Å². The monoisotopic (exact) mass is 1620 g/mol. The second-order valence-electron chi connectivity index (χ2n) is 29.4. The summed E-state index contributed by atoms with van der Waals surface area (Å²) < 4.78 is 89.9. The van der Waals surface area contributed by atoms with Gasteiger partial charge in [0, 0.05) is 140 Å². The molecule has 2 saturated carbocycles. The van der Waals surface area contributed by atoms with Crippen molar-refractivity contribution in [2.75, 3.05) is 65.4 Å². The Hall–Kier alpha value is -13.9. The van der Waals surface area contributed by atoms with Gasteiger partial charge in [-0.05, 0) is 112 Å². The molecule has 6 aliphatic rings. The third kappa shape index (κ3) is 14.5. The maximum atomic E-state index is 13.1. The van der Waals surface area contributed by atoms with Gasteiger partial charge >= 0.3 is 0 Å². The molecule has 2 atom stereocenters. The van der Waals surface area contributed by atoms with E-state index in [2.05, 4.69) is 81.1 Å². The minimum atomic E-state index is -2.55. The Morgan fingerprint density at radius 3 is 1.01 bits per heavy atom. The van der Waals surface area contributed by atoms with Crippen molar-refractivity contribution in [2.45, 2.75) is 102 Å². The fourth-order valence-electron chi connectivity index (χ4n) is 15.3. The van der Waals surface area contributed by atoms with Crippen molar-refractivity contribution in [1.29, 1.82) is 0 Å². The summed E-state index contributed by atoms with van der Waals surface area (Å²) in [6.07, 6.45) is 13.6. The van der Waals surface area contributed by atoms with E-state index in [-0.39, 0.29) is 131 Å². The van der Waals surface area contributed by atoms with Crippen molar-refractivity contribution in [1.82, 2.24) is 147 Å². The number of alkyl halides is 4. The van der Waals surface area contributed by atoms with Gasteiger partial charge in [0.15, 0.2) is 11.4 Å². The zero-order valence-corrected chi connectivity index (χ0v) is 63.3. The van der Waals surface area contributed by atoms with Crippen molar-refractivity contribution in [2.24, 2.45) is 0 Å². The van der Waals surface area contributed by atoms with Crippen molar-refractivity contribution < 1.29 is 45.5 Å². The van der Waals surface area contributed by atoms with Gasteiger partial charge in [0.25, 0.3) is 69.6 Å². The molecule has 14 aromatic rings. The van der Waals surface area contributed by atoms with E-state index in [9.17, 15) is 64.7 Å². The smallest absolute Gasteiger partial charge is 0.276 e. The molecule has 20 rings (SSSR count). The van der Waals surface area contributed by atoms with Crippen LogP contribution in [0, 0.1) is 39.6 Å². The number of likely N-dealkylation sites (tertiary alicyclic amines) is 2. The Kier molecular flexibility index (Phi) is 19.7. The number of carbonyl (C=O) groups is 4. The molecule has 18 heterocycles. The summed E-state index contributed by atoms with van der Waals surface area (Å²) in [6.45, 7) is 12.0. The van der Waals surface area contributed by atoms with Crippen molar-refractivity contribution in [3.8, 4) is 23.8 Å². The highest BCUT2D eigenvalue weighted by molar-refractivity contribution is 5.97. The van der Waals surface area contributed by atoms with Gasteiger partial charge in [-0.15, -0.1) is 30.6 Å². The Morgan fingerprint density at radius 1 is 0.398 bits per heavy atom. The molecule has 14 aromatic heterocycles. The molecule has 38 nitrogen and oxygen atoms in total. The van der Waals surface area contributed by atoms with Gasteiger partial charge in [0.2, 0.25) is 23.8 Å². The molecule has 4 N–H and O–H groups in total. The number of carbonyl (C=O) groups excluding carboxylic acids is 4. The standard InChI is InChI=1S/2C19H16FN7O2.2C18H20F2N8O2/c2*1-11-13(18(29)25-8-6-14(25)12-4-5-16(20)21-9-12)10-22-27(11)19-23-17(28)15-3-2-7-26(15)24-19;2*1-11-14(16(30)26-7-5-25(6-8-26)12-9-18(19,20)10-12)22-24-28(11)17-21-15(29)13-3-2-4-27(13)23-17/h2*2-5,7,9-10,14H,6,8H2,1H3,(H,23,24,28);2*2-4,12H,5-10H2,1H3,(H,21,23,29). The Morgan fingerprint density at radius 2 is 0.720 bits per heavy atom. The molecule has 6 fully saturated rings. The summed E-state index contributed by atoms with van der Waals surface area (Å²) in [5, 5.41) is 41.8. The van der Waals surface area contributed by atoms with Crippen LogP contribution in [-0.2, 0) is 0 Å². The van der Waals surface area contributed by atoms with Gasteiger partial charge < -0.3 is 19.6 Å². The van der Waals surface area contributed by atoms with Crippen LogP contribution in [0.25, 0.3) is 45.9 Å². The first-order valence-corrected chi connectivity index (χ1v) is 37.6. The molecule has 0 spiro atoms. The van der Waals surface area contributed by atoms with Crippen LogP contribution in [0.3, 0.4) is 0 Å². The largest absolute Gasteiger partial charge is 0.335 e. The first-order valence-electron chi connectivity index (χ1n) is 37.6. The average Bonchev–Trinajstić information content (AvgIpc) is 1.41. The molecule has 118 heavy (non-hydrogen) atoms. The SMILES string of the molecule is Cc1c(C(=O)N2CCC2c2ccc(F)nc2)cnn1-c1nn2cccc2c(=O)[nH]1.Cc1c(C(=O)N2CCC2c2ccc(F)nc2)cnn1-c1nn2cccc2c(=O)[nH]1.Cc1c(C(=O)N2CCN(C3CC(F)(F)C3)CC2)nnn1-c1nn2cccc2c(=O)[nH]1.Cc1c(C(=O)N2CCN(C3CC(F)(F)C3)CC2)nnn1-c1nn2cccc2c(=O)[nH]1. The zero-order valence-electron chi connectivity index (χ0n) is 63.3. The van der Waals surface area contributed by atoms with Gasteiger partial charge in [-0.3, -0.25) is 68.1 Å². The lowest BCUT2D eigenvalue weighted by Gasteiger charge is -2.46. The Balaban J connectivity index is 0.000000113. The summed E-state index contributed by atoms with van der Waals surface area (Å²) in [7, 11) is 0. The van der Waals surface area contributed by atoms with Crippen LogP contribution >= 0.6 is 0 Å². The fourth-order valence-corrected chi connectivity index (χ4v) is 15.3. The highest BCUT2D eigenvalue weighted by Crippen LogP contribution is 2.42. The summed E-state index contributed by atoms with van der Waals surface area (Å²) >= 11 is 0. The summed E-state index contributed by atoms with van der Waals surface area (Å²) in [6, 6.07) is 18.8. The van der Waals surface area contributed by atoms with Crippen LogP contribution in [-0.4, -0.2) is 260 Å². The van der Waals surface area contributed by atoms with Gasteiger partial charge in [0.05, 0.1) is 58.4 Å². The number of amides is 4. The van der Waals surface area contributed by atoms with Gasteiger partial charge in [-0.1, -0.05) is 22.6 Å². The number of pyridine rings is 2. The second-order valence-corrected chi connectivity index (χ2v) is 29.4. The molecule has 2 aliphatic carbocycles. The van der Waals surface area contributed by atoms with Crippen LogP contribution in [0.15, 0.2) is 142 Å². The number of H-pyrrole nitrogens is 4. The van der Waals surface area contributed by atoms with E-state index in [1.807, 2.05) is 9.80 Å². The molecule has 4 aliphatic heterocycles. The minimum Gasteiger partial charge on any atom is -0.335 e. The molecule has 0 aromatic carbocycles. The third-order valence-corrected chi connectivity index (χ3v) is 22.2. The van der Waals surface area contributed by atoms with E-state index >= 15 is 0 Å². The van der Waals surface area contributed by atoms with Gasteiger partial charge in [-0.2, -0.15) is 28.3 Å². The van der Waals surface area contributed by atoms with Crippen LogP contribution in [0.4, 0.5) is 26.3 Å². The molecular weight excluding hydrogens is 1550 g/mol. The zero-order chi connectivity index (χ0) is 82.3. The van der Waals surface area contributed by atoms with E-state index in [1.54, 1.807) is 133 Å². The van der Waals surface area contributed by atoms with Crippen molar-refractivity contribution in [3.05, 3.63) is 232 Å². The number of aromatic amines is 4. The Bertz CT molecular complexity index is 6070. The van der Waals surface area contributed by atoms with Crippen LogP contribution in [0.2, 0.25) is 0 Å². The van der Waals surface area contributed by atoms with E-state index in [4.69, 9.17) is 0 Å². The predicted octanol–water partition coefficient (Wildman–Crippen LogP) is 4.21. The molecular formula is C74H72F6N30O8. The first-order chi connectivity index (χ1) is 56.7. The number of piperazine rings is 2. The van der Waals surface area contributed by atoms with Crippen LogP contribution in [0.1, 0.15) is 126 Å². The summed E-state index contributed by atoms with van der Waals surface area (Å²) in [4.78, 5) is 130. The van der Waals surface area contributed by atoms with E-state index in [0.717, 1.165) is 24.0 Å². The van der Waals surface area contributed by atoms with E-state index in [1.165, 1.54) is 73.7 Å². The number of rotatable bonds is 12.